The van der Waals surface area contributed by atoms with E-state index < -0.39 is 15.6 Å². The number of nitrogens with one attached hydrogen (secondary N) is 2. The van der Waals surface area contributed by atoms with Crippen LogP contribution < -0.4 is 10.5 Å². The minimum atomic E-state index is -3.53. The van der Waals surface area contributed by atoms with Gasteiger partial charge in [-0.3, -0.25) is 5.10 Å². The van der Waals surface area contributed by atoms with Crippen molar-refractivity contribution < 1.29 is 8.42 Å². The first-order valence-corrected chi connectivity index (χ1v) is 7.69. The summed E-state index contributed by atoms with van der Waals surface area (Å²) in [6, 6.07) is 0. The van der Waals surface area contributed by atoms with Gasteiger partial charge in [-0.2, -0.15) is 5.10 Å². The average molecular weight is 272 g/mol. The van der Waals surface area contributed by atoms with Crippen LogP contribution in [0.15, 0.2) is 17.3 Å². The topological polar surface area (TPSA) is 101 Å². The number of rotatable bonds is 4. The zero-order valence-electron chi connectivity index (χ0n) is 10.5. The van der Waals surface area contributed by atoms with Crippen LogP contribution in [0.2, 0.25) is 0 Å². The van der Waals surface area contributed by atoms with E-state index >= 15 is 0 Å². The molecule has 0 aliphatic heterocycles. The quantitative estimate of drug-likeness (QED) is 0.747. The maximum Gasteiger partial charge on any atom is 0.244 e. The van der Waals surface area contributed by atoms with Gasteiger partial charge in [-0.1, -0.05) is 19.8 Å². The van der Waals surface area contributed by atoms with Crippen LogP contribution in [0.3, 0.4) is 0 Å². The molecular formula is C11H20N4O2S. The Bertz CT molecular complexity index is 485. The van der Waals surface area contributed by atoms with Gasteiger partial charge in [0.1, 0.15) is 4.90 Å². The van der Waals surface area contributed by atoms with E-state index in [1.807, 2.05) is 0 Å². The molecule has 18 heavy (non-hydrogen) atoms. The van der Waals surface area contributed by atoms with Crippen LogP contribution >= 0.6 is 0 Å². The molecule has 0 amide bonds. The molecule has 4 N–H and O–H groups in total. The molecule has 102 valence electrons. The van der Waals surface area contributed by atoms with Crippen LogP contribution in [-0.2, 0) is 10.0 Å². The number of nitrogens with zero attached hydrogens (tertiary/aromatic N) is 1. The molecule has 0 aromatic carbocycles. The van der Waals surface area contributed by atoms with E-state index in [0.717, 1.165) is 25.7 Å². The highest BCUT2D eigenvalue weighted by Crippen LogP contribution is 2.32. The molecule has 6 nitrogen and oxygen atoms in total. The molecule has 0 radical (unpaired) electrons. The van der Waals surface area contributed by atoms with E-state index in [2.05, 4.69) is 21.8 Å². The summed E-state index contributed by atoms with van der Waals surface area (Å²) in [5, 5.41) is 6.18. The van der Waals surface area contributed by atoms with Gasteiger partial charge in [0.05, 0.1) is 6.20 Å². The second kappa shape index (κ2) is 4.99. The van der Waals surface area contributed by atoms with Gasteiger partial charge < -0.3 is 5.73 Å². The molecule has 1 aromatic heterocycles. The third-order valence-electron chi connectivity index (χ3n) is 3.62. The number of hydrogen-bond donors (Lipinski definition) is 3. The fraction of sp³-hybridized carbons (Fsp3) is 0.727. The lowest BCUT2D eigenvalue weighted by molar-refractivity contribution is 0.223. The van der Waals surface area contributed by atoms with Crippen molar-refractivity contribution in [2.45, 2.75) is 43.0 Å². The van der Waals surface area contributed by atoms with Crippen LogP contribution in [0.1, 0.15) is 32.6 Å². The van der Waals surface area contributed by atoms with Crippen LogP contribution in [-0.4, -0.2) is 30.7 Å². The van der Waals surface area contributed by atoms with Crippen molar-refractivity contribution in [2.75, 3.05) is 6.54 Å². The maximum absolute atomic E-state index is 12.2. The lowest BCUT2D eigenvalue weighted by Crippen LogP contribution is -2.55. The summed E-state index contributed by atoms with van der Waals surface area (Å²) >= 11 is 0. The molecular weight excluding hydrogens is 252 g/mol. The van der Waals surface area contributed by atoms with Crippen molar-refractivity contribution in [3.05, 3.63) is 12.4 Å². The number of aromatic amines is 1. The monoisotopic (exact) mass is 272 g/mol. The third kappa shape index (κ3) is 2.73. The van der Waals surface area contributed by atoms with E-state index in [1.54, 1.807) is 0 Å². The van der Waals surface area contributed by atoms with Crippen molar-refractivity contribution in [1.82, 2.24) is 14.9 Å². The highest BCUT2D eigenvalue weighted by atomic mass is 32.2. The lowest BCUT2D eigenvalue weighted by Gasteiger charge is -2.39. The van der Waals surface area contributed by atoms with E-state index in [0.29, 0.717) is 12.5 Å². The Balaban J connectivity index is 2.20. The summed E-state index contributed by atoms with van der Waals surface area (Å²) in [5.74, 6) is 0.495. The molecule has 0 spiro atoms. The summed E-state index contributed by atoms with van der Waals surface area (Å²) < 4.78 is 27.2. The Kier molecular flexibility index (Phi) is 3.74. The predicted octanol–water partition coefficient (Wildman–Crippen LogP) is 0.596. The molecule has 1 aromatic rings. The van der Waals surface area contributed by atoms with Crippen LogP contribution in [0.5, 0.6) is 0 Å². The fourth-order valence-corrected chi connectivity index (χ4v) is 4.07. The molecule has 1 aliphatic carbocycles. The van der Waals surface area contributed by atoms with Crippen molar-refractivity contribution in [1.29, 1.82) is 0 Å². The minimum absolute atomic E-state index is 0.161. The zero-order chi connectivity index (χ0) is 13.2. The Hall–Kier alpha value is -0.920. The van der Waals surface area contributed by atoms with Gasteiger partial charge in [0.2, 0.25) is 10.0 Å². The van der Waals surface area contributed by atoms with E-state index in [4.69, 9.17) is 5.73 Å². The molecule has 2 unspecified atom stereocenters. The normalized spacial score (nSPS) is 29.3. The molecule has 1 heterocycles. The summed E-state index contributed by atoms with van der Waals surface area (Å²) in [6.45, 7) is 2.46. The van der Waals surface area contributed by atoms with Crippen molar-refractivity contribution in [3.63, 3.8) is 0 Å². The Morgan fingerprint density at radius 3 is 3.00 bits per heavy atom. The fourth-order valence-electron chi connectivity index (χ4n) is 2.71. The van der Waals surface area contributed by atoms with Gasteiger partial charge in [-0.15, -0.1) is 0 Å². The highest BCUT2D eigenvalue weighted by molar-refractivity contribution is 7.89. The summed E-state index contributed by atoms with van der Waals surface area (Å²) in [4.78, 5) is 0.161. The zero-order valence-corrected chi connectivity index (χ0v) is 11.3. The maximum atomic E-state index is 12.2. The van der Waals surface area contributed by atoms with Crippen molar-refractivity contribution >= 4 is 10.0 Å². The molecule has 0 saturated heterocycles. The van der Waals surface area contributed by atoms with Crippen LogP contribution in [0, 0.1) is 5.92 Å². The van der Waals surface area contributed by atoms with E-state index in [1.165, 1.54) is 12.4 Å². The number of hydrogen-bond acceptors (Lipinski definition) is 4. The van der Waals surface area contributed by atoms with E-state index in [9.17, 15) is 8.42 Å². The lowest BCUT2D eigenvalue weighted by atomic mass is 9.77. The number of nitrogens with two attached hydrogens (primary N) is 1. The van der Waals surface area contributed by atoms with Crippen molar-refractivity contribution in [3.8, 4) is 0 Å². The molecule has 0 bridgehead atoms. The Labute approximate surface area is 107 Å². The van der Waals surface area contributed by atoms with Gasteiger partial charge in [-0.25, -0.2) is 13.1 Å². The van der Waals surface area contributed by atoms with Crippen LogP contribution in [0.25, 0.3) is 0 Å². The first-order chi connectivity index (χ1) is 8.47. The standard InChI is InChI=1S/C11H20N4O2S/c1-9-3-2-4-11(5-9,8-12)15-18(16,17)10-6-13-14-7-10/h6-7,9,15H,2-5,8,12H2,1H3,(H,13,14). The minimum Gasteiger partial charge on any atom is -0.329 e. The molecule has 1 aliphatic rings. The van der Waals surface area contributed by atoms with Gasteiger partial charge in [0, 0.05) is 18.3 Å². The number of sulfonamides is 1. The number of aromatic nitrogens is 2. The Morgan fingerprint density at radius 1 is 1.67 bits per heavy atom. The van der Waals surface area contributed by atoms with Gasteiger partial charge >= 0.3 is 0 Å². The highest BCUT2D eigenvalue weighted by Gasteiger charge is 2.37. The second-order valence-corrected chi connectivity index (χ2v) is 6.91. The molecule has 1 fully saturated rings. The summed E-state index contributed by atoms with van der Waals surface area (Å²) in [5.41, 5.74) is 5.30. The SMILES string of the molecule is CC1CCCC(CN)(NS(=O)(=O)c2cn[nH]c2)C1. The largest absolute Gasteiger partial charge is 0.329 e. The smallest absolute Gasteiger partial charge is 0.244 e. The molecule has 7 heteroatoms. The van der Waals surface area contributed by atoms with Gasteiger partial charge in [-0.05, 0) is 18.8 Å². The average Bonchev–Trinajstić information content (AvgIpc) is 2.82. The van der Waals surface area contributed by atoms with Crippen LogP contribution in [0.4, 0.5) is 0 Å². The van der Waals surface area contributed by atoms with Gasteiger partial charge in [0.15, 0.2) is 0 Å². The summed E-state index contributed by atoms with van der Waals surface area (Å²) in [7, 11) is -3.53. The Morgan fingerprint density at radius 2 is 2.44 bits per heavy atom. The predicted molar refractivity (Wildman–Crippen MR) is 68.3 cm³/mol. The third-order valence-corrected chi connectivity index (χ3v) is 5.16. The number of H-pyrrole nitrogens is 1. The first-order valence-electron chi connectivity index (χ1n) is 6.20. The van der Waals surface area contributed by atoms with E-state index in [-0.39, 0.29) is 4.90 Å². The molecule has 2 atom stereocenters. The van der Waals surface area contributed by atoms with Crippen molar-refractivity contribution in [2.24, 2.45) is 11.7 Å². The molecule has 2 rings (SSSR count). The molecule has 1 saturated carbocycles. The summed E-state index contributed by atoms with van der Waals surface area (Å²) in [6.07, 6.45) is 6.41. The first kappa shape index (κ1) is 13.5. The second-order valence-electron chi connectivity index (χ2n) is 5.23. The van der Waals surface area contributed by atoms with Gasteiger partial charge in [0.25, 0.3) is 0 Å².